The third kappa shape index (κ3) is 1.82. The Morgan fingerprint density at radius 1 is 1.31 bits per heavy atom. The van der Waals surface area contributed by atoms with Crippen molar-refractivity contribution < 1.29 is 4.74 Å². The Hall–Kier alpha value is -1.02. The Labute approximate surface area is 97.0 Å². The molecule has 86 valence electrons. The number of benzene rings is 1. The zero-order valence-corrected chi connectivity index (χ0v) is 9.83. The summed E-state index contributed by atoms with van der Waals surface area (Å²) in [7, 11) is 0. The van der Waals surface area contributed by atoms with E-state index in [4.69, 9.17) is 4.74 Å². The quantitative estimate of drug-likeness (QED) is 0.781. The van der Waals surface area contributed by atoms with Crippen molar-refractivity contribution in [3.63, 3.8) is 0 Å². The van der Waals surface area contributed by atoms with Crippen molar-refractivity contribution in [3.05, 3.63) is 29.3 Å². The molecule has 2 heteroatoms. The molecule has 0 amide bonds. The number of ether oxygens (including phenoxy) is 1. The van der Waals surface area contributed by atoms with Gasteiger partial charge in [0, 0.05) is 12.5 Å². The Balaban J connectivity index is 1.79. The molecule has 2 heterocycles. The van der Waals surface area contributed by atoms with Crippen molar-refractivity contribution >= 4 is 0 Å². The van der Waals surface area contributed by atoms with E-state index in [2.05, 4.69) is 30.4 Å². The number of nitrogens with one attached hydrogen (secondary N) is 1. The lowest BCUT2D eigenvalue weighted by Crippen LogP contribution is -2.31. The summed E-state index contributed by atoms with van der Waals surface area (Å²) in [5.74, 6) is 1.93. The maximum Gasteiger partial charge on any atom is 0.122 e. The highest BCUT2D eigenvalue weighted by Crippen LogP contribution is 2.32. The van der Waals surface area contributed by atoms with Gasteiger partial charge in [-0.05, 0) is 42.5 Å². The molecule has 0 aliphatic carbocycles. The van der Waals surface area contributed by atoms with Crippen molar-refractivity contribution in [2.24, 2.45) is 5.92 Å². The number of hydrogen-bond donors (Lipinski definition) is 1. The summed E-state index contributed by atoms with van der Waals surface area (Å²) in [4.78, 5) is 0. The van der Waals surface area contributed by atoms with Crippen LogP contribution in [0.2, 0.25) is 0 Å². The molecule has 2 aliphatic heterocycles. The minimum Gasteiger partial charge on any atom is -0.493 e. The van der Waals surface area contributed by atoms with Crippen molar-refractivity contribution in [1.82, 2.24) is 5.32 Å². The molecule has 0 aromatic heterocycles. The van der Waals surface area contributed by atoms with Gasteiger partial charge in [-0.1, -0.05) is 19.1 Å². The van der Waals surface area contributed by atoms with E-state index in [0.29, 0.717) is 6.04 Å². The molecule has 2 atom stereocenters. The van der Waals surface area contributed by atoms with E-state index < -0.39 is 0 Å². The molecule has 0 saturated carbocycles. The van der Waals surface area contributed by atoms with E-state index >= 15 is 0 Å². The Morgan fingerprint density at radius 2 is 2.25 bits per heavy atom. The zero-order chi connectivity index (χ0) is 11.0. The number of rotatable bonds is 1. The fourth-order valence-electron chi connectivity index (χ4n) is 2.68. The molecule has 1 aromatic rings. The molecule has 2 aliphatic rings. The van der Waals surface area contributed by atoms with Gasteiger partial charge in [-0.25, -0.2) is 0 Å². The van der Waals surface area contributed by atoms with Gasteiger partial charge in [-0.2, -0.15) is 0 Å². The highest BCUT2D eigenvalue weighted by Gasteiger charge is 2.21. The molecule has 1 N–H and O–H groups in total. The van der Waals surface area contributed by atoms with Crippen LogP contribution in [0.1, 0.15) is 36.9 Å². The lowest BCUT2D eigenvalue weighted by Gasteiger charge is -2.28. The maximum atomic E-state index is 5.62. The smallest absolute Gasteiger partial charge is 0.122 e. The average molecular weight is 217 g/mol. The van der Waals surface area contributed by atoms with E-state index in [1.54, 1.807) is 0 Å². The fraction of sp³-hybridized carbons (Fsp3) is 0.571. The third-order valence-electron chi connectivity index (χ3n) is 3.78. The van der Waals surface area contributed by atoms with Crippen LogP contribution >= 0.6 is 0 Å². The van der Waals surface area contributed by atoms with Gasteiger partial charge in [0.25, 0.3) is 0 Å². The van der Waals surface area contributed by atoms with Gasteiger partial charge in [0.05, 0.1) is 6.61 Å². The van der Waals surface area contributed by atoms with Crippen LogP contribution in [0.25, 0.3) is 0 Å². The minimum atomic E-state index is 0.533. The molecule has 3 rings (SSSR count). The molecule has 1 saturated heterocycles. The molecule has 2 unspecified atom stereocenters. The van der Waals surface area contributed by atoms with Crippen LogP contribution in [-0.4, -0.2) is 13.2 Å². The summed E-state index contributed by atoms with van der Waals surface area (Å²) < 4.78 is 5.62. The number of piperidine rings is 1. The predicted octanol–water partition coefficient (Wildman–Crippen LogP) is 2.68. The second-order valence-electron chi connectivity index (χ2n) is 5.11. The summed E-state index contributed by atoms with van der Waals surface area (Å²) in [6.45, 7) is 4.31. The first-order valence-electron chi connectivity index (χ1n) is 6.32. The zero-order valence-electron chi connectivity index (χ0n) is 9.83. The van der Waals surface area contributed by atoms with Gasteiger partial charge in [-0.3, -0.25) is 0 Å². The summed E-state index contributed by atoms with van der Waals surface area (Å²) >= 11 is 0. The molecular formula is C14H19NO. The monoisotopic (exact) mass is 217 g/mol. The van der Waals surface area contributed by atoms with Gasteiger partial charge >= 0.3 is 0 Å². The first-order valence-corrected chi connectivity index (χ1v) is 6.32. The summed E-state index contributed by atoms with van der Waals surface area (Å²) in [6.07, 6.45) is 3.65. The molecule has 2 nitrogen and oxygen atoms in total. The standard InChI is InChI=1S/C14H19NO/c1-10-2-5-13(15-9-10)12-4-3-11-6-7-16-14(11)8-12/h3-4,8,10,13,15H,2,5-7,9H2,1H3. The van der Waals surface area contributed by atoms with Gasteiger partial charge in [0.1, 0.15) is 5.75 Å². The van der Waals surface area contributed by atoms with Crippen LogP contribution < -0.4 is 10.1 Å². The van der Waals surface area contributed by atoms with Crippen molar-refractivity contribution in [2.75, 3.05) is 13.2 Å². The highest BCUT2D eigenvalue weighted by molar-refractivity contribution is 5.41. The fourth-order valence-corrected chi connectivity index (χ4v) is 2.68. The van der Waals surface area contributed by atoms with Crippen molar-refractivity contribution in [2.45, 2.75) is 32.2 Å². The van der Waals surface area contributed by atoms with E-state index in [1.807, 2.05) is 0 Å². The maximum absolute atomic E-state index is 5.62. The van der Waals surface area contributed by atoms with Crippen molar-refractivity contribution in [3.8, 4) is 5.75 Å². The lowest BCUT2D eigenvalue weighted by molar-refractivity contribution is 0.330. The molecule has 0 radical (unpaired) electrons. The summed E-state index contributed by atoms with van der Waals surface area (Å²) in [5, 5.41) is 3.62. The molecule has 0 bridgehead atoms. The van der Waals surface area contributed by atoms with E-state index in [-0.39, 0.29) is 0 Å². The van der Waals surface area contributed by atoms with Crippen LogP contribution in [0, 0.1) is 5.92 Å². The summed E-state index contributed by atoms with van der Waals surface area (Å²) in [5.41, 5.74) is 2.76. The molecule has 0 spiro atoms. The van der Waals surface area contributed by atoms with Crippen LogP contribution in [0.15, 0.2) is 18.2 Å². The normalized spacial score (nSPS) is 28.6. The summed E-state index contributed by atoms with van der Waals surface area (Å²) in [6, 6.07) is 7.26. The van der Waals surface area contributed by atoms with E-state index in [1.165, 1.54) is 24.0 Å². The highest BCUT2D eigenvalue weighted by atomic mass is 16.5. The van der Waals surface area contributed by atoms with Crippen LogP contribution in [0.5, 0.6) is 5.75 Å². The van der Waals surface area contributed by atoms with Gasteiger partial charge < -0.3 is 10.1 Å². The molecule has 1 fully saturated rings. The van der Waals surface area contributed by atoms with Gasteiger partial charge in [-0.15, -0.1) is 0 Å². The van der Waals surface area contributed by atoms with E-state index in [0.717, 1.165) is 31.2 Å². The minimum absolute atomic E-state index is 0.533. The molecule has 16 heavy (non-hydrogen) atoms. The Kier molecular flexibility index (Phi) is 2.60. The number of fused-ring (bicyclic) bond motifs is 1. The van der Waals surface area contributed by atoms with Crippen LogP contribution in [0.4, 0.5) is 0 Å². The second kappa shape index (κ2) is 4.10. The first-order chi connectivity index (χ1) is 7.83. The second-order valence-corrected chi connectivity index (χ2v) is 5.11. The van der Waals surface area contributed by atoms with E-state index in [9.17, 15) is 0 Å². The SMILES string of the molecule is CC1CCC(c2ccc3c(c2)OCC3)NC1. The van der Waals surface area contributed by atoms with Crippen LogP contribution in [0.3, 0.4) is 0 Å². The Morgan fingerprint density at radius 3 is 3.06 bits per heavy atom. The molecule has 1 aromatic carbocycles. The van der Waals surface area contributed by atoms with Gasteiger partial charge in [0.15, 0.2) is 0 Å². The Bertz CT molecular complexity index is 380. The molecular weight excluding hydrogens is 198 g/mol. The predicted molar refractivity (Wildman–Crippen MR) is 64.8 cm³/mol. The third-order valence-corrected chi connectivity index (χ3v) is 3.78. The van der Waals surface area contributed by atoms with Crippen molar-refractivity contribution in [1.29, 1.82) is 0 Å². The first kappa shape index (κ1) is 10.2. The number of hydrogen-bond acceptors (Lipinski definition) is 2. The topological polar surface area (TPSA) is 21.3 Å². The largest absolute Gasteiger partial charge is 0.493 e. The average Bonchev–Trinajstić information content (AvgIpc) is 2.77. The van der Waals surface area contributed by atoms with Gasteiger partial charge in [0.2, 0.25) is 0 Å². The van der Waals surface area contributed by atoms with Crippen LogP contribution in [-0.2, 0) is 6.42 Å². The lowest BCUT2D eigenvalue weighted by atomic mass is 9.91.